The van der Waals surface area contributed by atoms with Crippen LogP contribution in [0.2, 0.25) is 0 Å². The molecule has 1 aromatic rings. The van der Waals surface area contributed by atoms with Crippen molar-refractivity contribution in [1.29, 1.82) is 0 Å². The summed E-state index contributed by atoms with van der Waals surface area (Å²) in [5.41, 5.74) is 5.39. The summed E-state index contributed by atoms with van der Waals surface area (Å²) in [6, 6.07) is 3.73. The average molecular weight is 402 g/mol. The highest BCUT2D eigenvalue weighted by Crippen LogP contribution is 2.50. The van der Waals surface area contributed by atoms with Gasteiger partial charge in [-0.25, -0.2) is 8.78 Å². The Bertz CT molecular complexity index is 669. The van der Waals surface area contributed by atoms with E-state index >= 15 is 0 Å². The van der Waals surface area contributed by atoms with Crippen molar-refractivity contribution < 1.29 is 18.4 Å². The first-order valence-electron chi connectivity index (χ1n) is 9.24. The molecule has 1 saturated heterocycles. The van der Waals surface area contributed by atoms with E-state index in [1.165, 1.54) is 18.2 Å². The average Bonchev–Trinajstić information content (AvgIpc) is 3.40. The molecule has 3 N–H and O–H groups in total. The number of nitrogens with zero attached hydrogens (tertiary/aromatic N) is 1. The first-order valence-corrected chi connectivity index (χ1v) is 9.24. The largest absolute Gasteiger partial charge is 0.354 e. The van der Waals surface area contributed by atoms with Gasteiger partial charge in [0.25, 0.3) is 0 Å². The zero-order chi connectivity index (χ0) is 18.7. The molecule has 150 valence electrons. The molecule has 2 aliphatic rings. The summed E-state index contributed by atoms with van der Waals surface area (Å²) in [5.74, 6) is -2.12. The quantitative estimate of drug-likeness (QED) is 0.768. The molecule has 1 aliphatic carbocycles. The Hall–Kier alpha value is -1.73. The van der Waals surface area contributed by atoms with Crippen LogP contribution in [0.5, 0.6) is 0 Å². The fraction of sp³-hybridized carbons (Fsp3) is 0.579. The summed E-state index contributed by atoms with van der Waals surface area (Å²) in [6.45, 7) is 1.31. The number of nitrogens with one attached hydrogen (secondary N) is 1. The van der Waals surface area contributed by atoms with Gasteiger partial charge in [0.2, 0.25) is 11.8 Å². The second-order valence-electron chi connectivity index (χ2n) is 7.11. The van der Waals surface area contributed by atoms with E-state index in [2.05, 4.69) is 5.32 Å². The van der Waals surface area contributed by atoms with Crippen LogP contribution < -0.4 is 11.1 Å². The second-order valence-corrected chi connectivity index (χ2v) is 7.11. The van der Waals surface area contributed by atoms with Crippen LogP contribution in [-0.4, -0.2) is 42.4 Å². The van der Waals surface area contributed by atoms with Gasteiger partial charge >= 0.3 is 0 Å². The minimum Gasteiger partial charge on any atom is -0.354 e. The van der Waals surface area contributed by atoms with Gasteiger partial charge in [0.05, 0.1) is 0 Å². The topological polar surface area (TPSA) is 75.4 Å². The van der Waals surface area contributed by atoms with Crippen LogP contribution in [0.25, 0.3) is 0 Å². The van der Waals surface area contributed by atoms with Crippen LogP contribution in [0.1, 0.15) is 43.6 Å². The third kappa shape index (κ3) is 4.96. The van der Waals surface area contributed by atoms with E-state index in [1.54, 1.807) is 4.90 Å². The highest BCUT2D eigenvalue weighted by atomic mass is 35.5. The van der Waals surface area contributed by atoms with Crippen LogP contribution >= 0.6 is 12.4 Å². The molecule has 1 aromatic carbocycles. The number of carbonyl (C=O) groups excluding carboxylic acids is 2. The molecule has 5 nitrogen and oxygen atoms in total. The number of piperidine rings is 1. The molecule has 8 heteroatoms. The number of hydrogen-bond donors (Lipinski definition) is 2. The second kappa shape index (κ2) is 9.46. The standard InChI is InChI=1S/C19H25F2N3O2.ClH/c20-15-5-3-6-16(21)18(15)13-10-14(13)19(26)24-9-2-1-4-12(24)11-23-17(25)7-8-22;/h3,5-6,12-14H,1-2,4,7-11,22H2,(H,23,25);1H. The summed E-state index contributed by atoms with van der Waals surface area (Å²) in [5, 5.41) is 2.83. The molecular formula is C19H26ClF2N3O2. The van der Waals surface area contributed by atoms with Crippen molar-refractivity contribution >= 4 is 24.2 Å². The SMILES string of the molecule is Cl.NCCC(=O)NCC1CCCCN1C(=O)C1CC1c1c(F)cccc1F. The smallest absolute Gasteiger partial charge is 0.226 e. The monoisotopic (exact) mass is 401 g/mol. The van der Waals surface area contributed by atoms with Gasteiger partial charge in [0.15, 0.2) is 0 Å². The lowest BCUT2D eigenvalue weighted by molar-refractivity contribution is -0.137. The van der Waals surface area contributed by atoms with Crippen LogP contribution in [0.3, 0.4) is 0 Å². The zero-order valence-corrected chi connectivity index (χ0v) is 15.9. The third-order valence-corrected chi connectivity index (χ3v) is 5.29. The number of likely N-dealkylation sites (tertiary alicyclic amines) is 1. The van der Waals surface area contributed by atoms with Crippen molar-refractivity contribution in [1.82, 2.24) is 10.2 Å². The van der Waals surface area contributed by atoms with E-state index in [4.69, 9.17) is 5.73 Å². The van der Waals surface area contributed by atoms with Crippen molar-refractivity contribution in [3.05, 3.63) is 35.4 Å². The Labute approximate surface area is 164 Å². The van der Waals surface area contributed by atoms with E-state index in [1.807, 2.05) is 0 Å². The van der Waals surface area contributed by atoms with Crippen molar-refractivity contribution in [2.24, 2.45) is 11.7 Å². The number of amides is 2. The van der Waals surface area contributed by atoms with E-state index in [-0.39, 0.29) is 54.7 Å². The highest BCUT2D eigenvalue weighted by Gasteiger charge is 2.49. The summed E-state index contributed by atoms with van der Waals surface area (Å²) < 4.78 is 27.9. The maximum Gasteiger partial charge on any atom is 0.226 e. The third-order valence-electron chi connectivity index (χ3n) is 5.29. The molecule has 0 radical (unpaired) electrons. The Balaban J connectivity index is 0.00000261. The summed E-state index contributed by atoms with van der Waals surface area (Å²) >= 11 is 0. The minimum absolute atomic E-state index is 0. The number of halogens is 3. The molecule has 1 heterocycles. The van der Waals surface area contributed by atoms with Crippen molar-refractivity contribution in [3.8, 4) is 0 Å². The van der Waals surface area contributed by atoms with Crippen LogP contribution in [0, 0.1) is 17.6 Å². The molecule has 2 fully saturated rings. The molecular weight excluding hydrogens is 376 g/mol. The van der Waals surface area contributed by atoms with Crippen LogP contribution in [0.15, 0.2) is 18.2 Å². The maximum atomic E-state index is 14.0. The molecule has 0 aromatic heterocycles. The number of hydrogen-bond acceptors (Lipinski definition) is 3. The number of rotatable bonds is 6. The van der Waals surface area contributed by atoms with E-state index in [0.29, 0.717) is 19.5 Å². The van der Waals surface area contributed by atoms with Crippen molar-refractivity contribution in [3.63, 3.8) is 0 Å². The molecule has 3 atom stereocenters. The first-order chi connectivity index (χ1) is 12.5. The number of carbonyl (C=O) groups is 2. The summed E-state index contributed by atoms with van der Waals surface area (Å²) in [4.78, 5) is 26.3. The molecule has 27 heavy (non-hydrogen) atoms. The van der Waals surface area contributed by atoms with Crippen molar-refractivity contribution in [2.75, 3.05) is 19.6 Å². The lowest BCUT2D eigenvalue weighted by atomic mass is 10.00. The maximum absolute atomic E-state index is 14.0. The van der Waals surface area contributed by atoms with E-state index < -0.39 is 17.6 Å². The lowest BCUT2D eigenvalue weighted by Gasteiger charge is -2.36. The molecule has 0 spiro atoms. The van der Waals surface area contributed by atoms with Crippen LogP contribution in [0.4, 0.5) is 8.78 Å². The molecule has 0 bridgehead atoms. The molecule has 1 aliphatic heterocycles. The van der Waals surface area contributed by atoms with Gasteiger partial charge in [0.1, 0.15) is 11.6 Å². The fourth-order valence-electron chi connectivity index (χ4n) is 3.82. The Morgan fingerprint density at radius 1 is 1.22 bits per heavy atom. The van der Waals surface area contributed by atoms with Crippen LogP contribution in [-0.2, 0) is 9.59 Å². The van der Waals surface area contributed by atoms with Crippen molar-refractivity contribution in [2.45, 2.75) is 44.1 Å². The highest BCUT2D eigenvalue weighted by molar-refractivity contribution is 5.85. The predicted molar refractivity (Wildman–Crippen MR) is 100 cm³/mol. The van der Waals surface area contributed by atoms with Gasteiger partial charge in [-0.3, -0.25) is 9.59 Å². The van der Waals surface area contributed by atoms with Gasteiger partial charge in [-0.05, 0) is 37.8 Å². The normalized spacial score (nSPS) is 24.1. The van der Waals surface area contributed by atoms with Gasteiger partial charge in [-0.1, -0.05) is 6.07 Å². The molecule has 3 rings (SSSR count). The number of benzene rings is 1. The van der Waals surface area contributed by atoms with Gasteiger partial charge in [-0.15, -0.1) is 12.4 Å². The molecule has 2 amide bonds. The molecule has 3 unspecified atom stereocenters. The fourth-order valence-corrected chi connectivity index (χ4v) is 3.82. The predicted octanol–water partition coefficient (Wildman–Crippen LogP) is 2.34. The lowest BCUT2D eigenvalue weighted by Crippen LogP contribution is -2.50. The summed E-state index contributed by atoms with van der Waals surface area (Å²) in [6.07, 6.45) is 3.46. The molecule has 1 saturated carbocycles. The minimum atomic E-state index is -0.588. The van der Waals surface area contributed by atoms with E-state index in [9.17, 15) is 18.4 Å². The Morgan fingerprint density at radius 3 is 2.59 bits per heavy atom. The Kier molecular flexibility index (Phi) is 7.56. The van der Waals surface area contributed by atoms with Gasteiger partial charge in [-0.2, -0.15) is 0 Å². The van der Waals surface area contributed by atoms with Gasteiger partial charge < -0.3 is 16.0 Å². The number of nitrogens with two attached hydrogens (primary N) is 1. The first kappa shape index (κ1) is 21.6. The zero-order valence-electron chi connectivity index (χ0n) is 15.1. The Morgan fingerprint density at radius 2 is 1.93 bits per heavy atom. The van der Waals surface area contributed by atoms with E-state index in [0.717, 1.165) is 19.3 Å². The summed E-state index contributed by atoms with van der Waals surface area (Å²) in [7, 11) is 0. The van der Waals surface area contributed by atoms with Gasteiger partial charge in [0, 0.05) is 49.5 Å².